The molecule has 1 fully saturated rings. The summed E-state index contributed by atoms with van der Waals surface area (Å²) in [4.78, 5) is 27.8. The zero-order chi connectivity index (χ0) is 16.3. The summed E-state index contributed by atoms with van der Waals surface area (Å²) in [6.07, 6.45) is -6.16. The van der Waals surface area contributed by atoms with Crippen LogP contribution in [0.25, 0.3) is 0 Å². The van der Waals surface area contributed by atoms with Crippen LogP contribution in [0.3, 0.4) is 0 Å². The second kappa shape index (κ2) is 6.10. The van der Waals surface area contributed by atoms with Crippen LogP contribution in [0.4, 0.5) is 13.2 Å². The van der Waals surface area contributed by atoms with E-state index < -0.39 is 41.7 Å². The summed E-state index contributed by atoms with van der Waals surface area (Å²) in [7, 11) is 0. The van der Waals surface area contributed by atoms with Crippen LogP contribution in [0.15, 0.2) is 24.3 Å². The van der Waals surface area contributed by atoms with Gasteiger partial charge in [-0.2, -0.15) is 5.48 Å². The van der Waals surface area contributed by atoms with Gasteiger partial charge in [-0.1, -0.05) is 12.1 Å². The van der Waals surface area contributed by atoms with Crippen LogP contribution in [0.1, 0.15) is 0 Å². The summed E-state index contributed by atoms with van der Waals surface area (Å²) in [5.41, 5.74) is 1.82. The van der Waals surface area contributed by atoms with E-state index in [1.165, 1.54) is 12.1 Å². The van der Waals surface area contributed by atoms with Gasteiger partial charge in [-0.3, -0.25) is 9.59 Å². The average Bonchev–Trinajstić information content (AvgIpc) is 2.75. The van der Waals surface area contributed by atoms with E-state index in [-0.39, 0.29) is 6.54 Å². The lowest BCUT2D eigenvalue weighted by Crippen LogP contribution is -2.41. The monoisotopic (exact) mass is 320 g/mol. The molecule has 1 aliphatic heterocycles. The average molecular weight is 320 g/mol. The molecule has 22 heavy (non-hydrogen) atoms. The Labute approximate surface area is 122 Å². The Bertz CT molecular complexity index is 578. The van der Waals surface area contributed by atoms with Crippen molar-refractivity contribution < 1.29 is 37.4 Å². The van der Waals surface area contributed by atoms with Gasteiger partial charge in [0.05, 0.1) is 6.10 Å². The van der Waals surface area contributed by atoms with Crippen molar-refractivity contribution in [1.82, 2.24) is 10.8 Å². The van der Waals surface area contributed by atoms with Crippen molar-refractivity contribution in [1.29, 1.82) is 0 Å². The number of β-amino-alcohol motifs (C(OH)–C–C–N with tert-alkyl or cyclic N) is 1. The predicted molar refractivity (Wildman–Crippen MR) is 64.4 cm³/mol. The number of aliphatic hydroxyl groups excluding tert-OH is 1. The second-order valence-corrected chi connectivity index (χ2v) is 4.35. The Morgan fingerprint density at radius 2 is 1.95 bits per heavy atom. The number of ether oxygens (including phenoxy) is 1. The fourth-order valence-electron chi connectivity index (χ4n) is 1.81. The minimum absolute atomic E-state index is 0.0926. The Morgan fingerprint density at radius 1 is 1.32 bits per heavy atom. The molecular weight excluding hydrogens is 309 g/mol. The number of hydroxylamine groups is 1. The first-order chi connectivity index (χ1) is 10.3. The van der Waals surface area contributed by atoms with E-state index in [2.05, 4.69) is 10.1 Å². The molecule has 10 heteroatoms. The lowest BCUT2D eigenvalue weighted by Gasteiger charge is -2.15. The second-order valence-electron chi connectivity index (χ2n) is 4.35. The molecule has 3 N–H and O–H groups in total. The lowest BCUT2D eigenvalue weighted by atomic mass is 10.1. The zero-order valence-electron chi connectivity index (χ0n) is 10.9. The van der Waals surface area contributed by atoms with Crippen LogP contribution in [-0.4, -0.2) is 35.9 Å². The lowest BCUT2D eigenvalue weighted by molar-refractivity contribution is -0.275. The van der Waals surface area contributed by atoms with E-state index >= 15 is 0 Å². The van der Waals surface area contributed by atoms with Crippen LogP contribution in [-0.2, 0) is 9.59 Å². The highest BCUT2D eigenvalue weighted by Crippen LogP contribution is 2.31. The van der Waals surface area contributed by atoms with Gasteiger partial charge in [-0.05, 0) is 12.1 Å². The molecule has 120 valence electrons. The summed E-state index contributed by atoms with van der Waals surface area (Å²) >= 11 is 0. The van der Waals surface area contributed by atoms with Gasteiger partial charge < -0.3 is 20.0 Å². The third-order valence-corrected chi connectivity index (χ3v) is 2.77. The summed E-state index contributed by atoms with van der Waals surface area (Å²) in [5.74, 6) is -4.14. The molecule has 0 saturated carbocycles. The molecule has 2 amide bonds. The van der Waals surface area contributed by atoms with E-state index in [1.54, 1.807) is 0 Å². The molecule has 2 rings (SSSR count). The number of carbonyl (C=O) groups is 2. The highest BCUT2D eigenvalue weighted by Gasteiger charge is 2.39. The summed E-state index contributed by atoms with van der Waals surface area (Å²) in [6, 6.07) is 4.77. The predicted octanol–water partition coefficient (Wildman–Crippen LogP) is 0.102. The Morgan fingerprint density at radius 3 is 2.50 bits per heavy atom. The van der Waals surface area contributed by atoms with Crippen LogP contribution >= 0.6 is 0 Å². The van der Waals surface area contributed by atoms with Crippen molar-refractivity contribution in [2.24, 2.45) is 5.92 Å². The smallest absolute Gasteiger partial charge is 0.402 e. The van der Waals surface area contributed by atoms with Gasteiger partial charge in [0.25, 0.3) is 5.91 Å². The summed E-state index contributed by atoms with van der Waals surface area (Å²) < 4.78 is 40.4. The van der Waals surface area contributed by atoms with Gasteiger partial charge in [0.2, 0.25) is 5.91 Å². The van der Waals surface area contributed by atoms with Crippen LogP contribution in [0, 0.1) is 5.92 Å². The zero-order valence-corrected chi connectivity index (χ0v) is 10.9. The third-order valence-electron chi connectivity index (χ3n) is 2.77. The number of amides is 2. The number of hydrogen-bond acceptors (Lipinski definition) is 5. The molecule has 0 spiro atoms. The Balaban J connectivity index is 2.02. The topological polar surface area (TPSA) is 96.9 Å². The highest BCUT2D eigenvalue weighted by atomic mass is 19.4. The normalized spacial score (nSPS) is 21.2. The number of aliphatic hydroxyl groups is 1. The molecule has 2 unspecified atom stereocenters. The van der Waals surface area contributed by atoms with E-state index in [9.17, 15) is 27.9 Å². The molecule has 1 aromatic rings. The van der Waals surface area contributed by atoms with Gasteiger partial charge in [-0.15, -0.1) is 13.2 Å². The molecule has 0 radical (unpaired) electrons. The maximum absolute atomic E-state index is 12.2. The number of para-hydroxylation sites is 2. The van der Waals surface area contributed by atoms with E-state index in [1.807, 2.05) is 5.48 Å². The van der Waals surface area contributed by atoms with Crippen molar-refractivity contribution in [3.8, 4) is 11.5 Å². The number of benzene rings is 1. The van der Waals surface area contributed by atoms with E-state index in [0.717, 1.165) is 12.1 Å². The minimum atomic E-state index is -4.93. The van der Waals surface area contributed by atoms with Gasteiger partial charge in [0.1, 0.15) is 5.92 Å². The standard InChI is InChI=1S/C12H11F3N2O5/c13-12(14,15)21-7-3-1-2-4-8(7)22-17-11(20)9-6(18)5-16-10(9)19/h1-4,6,9,18H,5H2,(H,16,19)(H,17,20). The molecule has 7 nitrogen and oxygen atoms in total. The van der Waals surface area contributed by atoms with Gasteiger partial charge in [0, 0.05) is 6.54 Å². The molecule has 1 heterocycles. The Hall–Kier alpha value is -2.49. The van der Waals surface area contributed by atoms with Crippen molar-refractivity contribution >= 4 is 11.8 Å². The molecule has 0 bridgehead atoms. The largest absolute Gasteiger partial charge is 0.573 e. The van der Waals surface area contributed by atoms with E-state index in [4.69, 9.17) is 4.84 Å². The number of nitrogens with one attached hydrogen (secondary N) is 2. The van der Waals surface area contributed by atoms with E-state index in [0.29, 0.717) is 0 Å². The first kappa shape index (κ1) is 15.9. The minimum Gasteiger partial charge on any atom is -0.402 e. The van der Waals surface area contributed by atoms with Gasteiger partial charge in [-0.25, -0.2) is 0 Å². The highest BCUT2D eigenvalue weighted by molar-refractivity contribution is 6.02. The van der Waals surface area contributed by atoms with Gasteiger partial charge >= 0.3 is 6.36 Å². The number of hydrogen-bond donors (Lipinski definition) is 3. The molecule has 1 saturated heterocycles. The summed E-state index contributed by atoms with van der Waals surface area (Å²) in [6.45, 7) is -0.0926. The number of alkyl halides is 3. The van der Waals surface area contributed by atoms with Crippen molar-refractivity contribution in [2.75, 3.05) is 6.54 Å². The molecule has 0 aliphatic carbocycles. The number of halogens is 3. The fourth-order valence-corrected chi connectivity index (χ4v) is 1.81. The quantitative estimate of drug-likeness (QED) is 0.540. The molecular formula is C12H11F3N2O5. The SMILES string of the molecule is O=C1NCC(O)C1C(=O)NOc1ccccc1OC(F)(F)F. The first-order valence-electron chi connectivity index (χ1n) is 6.05. The van der Waals surface area contributed by atoms with Crippen molar-refractivity contribution in [3.63, 3.8) is 0 Å². The number of carbonyl (C=O) groups excluding carboxylic acids is 2. The maximum atomic E-state index is 12.2. The molecule has 0 aromatic heterocycles. The Kier molecular flexibility index (Phi) is 4.40. The van der Waals surface area contributed by atoms with Crippen molar-refractivity contribution in [2.45, 2.75) is 12.5 Å². The first-order valence-corrected chi connectivity index (χ1v) is 6.05. The van der Waals surface area contributed by atoms with Gasteiger partial charge in [0.15, 0.2) is 11.5 Å². The van der Waals surface area contributed by atoms with Crippen LogP contribution in [0.5, 0.6) is 11.5 Å². The molecule has 2 atom stereocenters. The molecule has 1 aromatic carbocycles. The van der Waals surface area contributed by atoms with Crippen LogP contribution in [0.2, 0.25) is 0 Å². The number of rotatable bonds is 4. The summed E-state index contributed by atoms with van der Waals surface area (Å²) in [5, 5.41) is 11.7. The van der Waals surface area contributed by atoms with Crippen molar-refractivity contribution in [3.05, 3.63) is 24.3 Å². The maximum Gasteiger partial charge on any atom is 0.573 e. The van der Waals surface area contributed by atoms with Crippen LogP contribution < -0.4 is 20.4 Å². The third kappa shape index (κ3) is 3.79. The molecule has 1 aliphatic rings. The fraction of sp³-hybridized carbons (Fsp3) is 0.333.